The molecule has 0 aromatic heterocycles. The molecule has 0 aliphatic heterocycles. The molecule has 0 amide bonds. The van der Waals surface area contributed by atoms with Crippen LogP contribution in [0.5, 0.6) is 11.5 Å². The van der Waals surface area contributed by atoms with Crippen LogP contribution in [0.1, 0.15) is 79.8 Å². The van der Waals surface area contributed by atoms with E-state index in [2.05, 4.69) is 18.7 Å². The molecule has 0 aliphatic carbocycles. The standard InChI is InChI=1S/C34H40O3/c1-28(2)30-19-23-33(24-20-30)37-27-13-8-6-4-3-5-7-12-26-36-32-21-16-29(17-22-32)18-25-34(35)31-14-10-9-11-15-31/h9-11,14-25H,1,3-8,12-13,26-27H2,2H3/b25-18+. The number of carbonyl (C=O) groups excluding carboxylic acids is 1. The van der Waals surface area contributed by atoms with Crippen molar-refractivity contribution in [2.24, 2.45) is 0 Å². The molecular formula is C34H40O3. The fraction of sp³-hybridized carbons (Fsp3) is 0.324. The summed E-state index contributed by atoms with van der Waals surface area (Å²) in [5.41, 5.74) is 3.93. The maximum atomic E-state index is 12.2. The Morgan fingerprint density at radius 3 is 1.65 bits per heavy atom. The maximum Gasteiger partial charge on any atom is 0.185 e. The summed E-state index contributed by atoms with van der Waals surface area (Å²) in [6.07, 6.45) is 13.2. The summed E-state index contributed by atoms with van der Waals surface area (Å²) >= 11 is 0. The highest BCUT2D eigenvalue weighted by Gasteiger charge is 2.01. The van der Waals surface area contributed by atoms with Crippen LogP contribution in [-0.4, -0.2) is 19.0 Å². The van der Waals surface area contributed by atoms with Gasteiger partial charge in [-0.25, -0.2) is 0 Å². The summed E-state index contributed by atoms with van der Waals surface area (Å²) in [7, 11) is 0. The Labute approximate surface area is 222 Å². The van der Waals surface area contributed by atoms with Crippen molar-refractivity contribution in [1.82, 2.24) is 0 Å². The molecule has 37 heavy (non-hydrogen) atoms. The molecule has 0 heterocycles. The molecule has 194 valence electrons. The number of carbonyl (C=O) groups is 1. The first-order chi connectivity index (χ1) is 18.1. The van der Waals surface area contributed by atoms with E-state index in [0.29, 0.717) is 5.56 Å². The second-order valence-electron chi connectivity index (χ2n) is 9.46. The monoisotopic (exact) mass is 496 g/mol. The van der Waals surface area contributed by atoms with Crippen molar-refractivity contribution in [1.29, 1.82) is 0 Å². The van der Waals surface area contributed by atoms with Crippen molar-refractivity contribution in [3.05, 3.63) is 108 Å². The summed E-state index contributed by atoms with van der Waals surface area (Å²) in [5.74, 6) is 1.83. The molecule has 0 bridgehead atoms. The van der Waals surface area contributed by atoms with E-state index >= 15 is 0 Å². The Kier molecular flexibility index (Phi) is 12.3. The second kappa shape index (κ2) is 16.2. The summed E-state index contributed by atoms with van der Waals surface area (Å²) < 4.78 is 11.7. The lowest BCUT2D eigenvalue weighted by Crippen LogP contribution is -1.98. The fourth-order valence-corrected chi connectivity index (χ4v) is 4.03. The van der Waals surface area contributed by atoms with Gasteiger partial charge in [0, 0.05) is 5.56 Å². The molecule has 0 unspecified atom stereocenters. The number of allylic oxidation sites excluding steroid dienone is 2. The number of ether oxygens (including phenoxy) is 2. The van der Waals surface area contributed by atoms with Crippen LogP contribution in [0.4, 0.5) is 0 Å². The lowest BCUT2D eigenvalue weighted by molar-refractivity contribution is 0.104. The van der Waals surface area contributed by atoms with Crippen molar-refractivity contribution in [2.75, 3.05) is 13.2 Å². The van der Waals surface area contributed by atoms with E-state index in [9.17, 15) is 4.79 Å². The zero-order valence-electron chi connectivity index (χ0n) is 22.2. The predicted octanol–water partition coefficient (Wildman–Crippen LogP) is 9.19. The predicted molar refractivity (Wildman–Crippen MR) is 155 cm³/mol. The van der Waals surface area contributed by atoms with Crippen LogP contribution >= 0.6 is 0 Å². The molecule has 0 saturated heterocycles. The maximum absolute atomic E-state index is 12.2. The van der Waals surface area contributed by atoms with Crippen LogP contribution < -0.4 is 9.47 Å². The van der Waals surface area contributed by atoms with E-state index in [-0.39, 0.29) is 5.78 Å². The van der Waals surface area contributed by atoms with E-state index in [1.54, 1.807) is 6.08 Å². The van der Waals surface area contributed by atoms with Gasteiger partial charge in [-0.15, -0.1) is 0 Å². The molecule has 3 heteroatoms. The van der Waals surface area contributed by atoms with Gasteiger partial charge in [0.25, 0.3) is 0 Å². The highest BCUT2D eigenvalue weighted by atomic mass is 16.5. The zero-order valence-corrected chi connectivity index (χ0v) is 22.2. The van der Waals surface area contributed by atoms with Gasteiger partial charge in [-0.05, 0) is 61.2 Å². The molecule has 0 fully saturated rings. The number of rotatable bonds is 17. The first-order valence-electron chi connectivity index (χ1n) is 13.5. The van der Waals surface area contributed by atoms with Gasteiger partial charge in [0.15, 0.2) is 5.78 Å². The van der Waals surface area contributed by atoms with Crippen LogP contribution in [-0.2, 0) is 0 Å². The van der Waals surface area contributed by atoms with Crippen molar-refractivity contribution in [3.63, 3.8) is 0 Å². The molecule has 0 spiro atoms. The van der Waals surface area contributed by atoms with Gasteiger partial charge in [-0.3, -0.25) is 4.79 Å². The van der Waals surface area contributed by atoms with E-state index in [1.807, 2.05) is 79.7 Å². The van der Waals surface area contributed by atoms with Crippen LogP contribution in [0.25, 0.3) is 11.6 Å². The van der Waals surface area contributed by atoms with Crippen LogP contribution in [0.2, 0.25) is 0 Å². The summed E-state index contributed by atoms with van der Waals surface area (Å²) in [6.45, 7) is 7.50. The first kappa shape index (κ1) is 28.0. The normalized spacial score (nSPS) is 10.9. The summed E-state index contributed by atoms with van der Waals surface area (Å²) in [5, 5.41) is 0. The van der Waals surface area contributed by atoms with E-state index in [4.69, 9.17) is 9.47 Å². The van der Waals surface area contributed by atoms with E-state index < -0.39 is 0 Å². The smallest absolute Gasteiger partial charge is 0.185 e. The molecule has 0 N–H and O–H groups in total. The Morgan fingerprint density at radius 1 is 0.649 bits per heavy atom. The van der Waals surface area contributed by atoms with Crippen LogP contribution in [0.15, 0.2) is 91.5 Å². The van der Waals surface area contributed by atoms with Gasteiger partial charge in [0.1, 0.15) is 11.5 Å². The van der Waals surface area contributed by atoms with E-state index in [1.165, 1.54) is 38.5 Å². The Morgan fingerprint density at radius 2 is 1.14 bits per heavy atom. The topological polar surface area (TPSA) is 35.5 Å². The zero-order chi connectivity index (χ0) is 26.1. The lowest BCUT2D eigenvalue weighted by Gasteiger charge is -2.08. The van der Waals surface area contributed by atoms with Gasteiger partial charge < -0.3 is 9.47 Å². The Bertz CT molecular complexity index is 1100. The van der Waals surface area contributed by atoms with Crippen LogP contribution in [0.3, 0.4) is 0 Å². The van der Waals surface area contributed by atoms with Gasteiger partial charge in [0.05, 0.1) is 13.2 Å². The average Bonchev–Trinajstić information content (AvgIpc) is 2.93. The van der Waals surface area contributed by atoms with Crippen molar-refractivity contribution < 1.29 is 14.3 Å². The number of unbranched alkanes of at least 4 members (excludes halogenated alkanes) is 7. The minimum absolute atomic E-state index is 0.0100. The minimum Gasteiger partial charge on any atom is -0.494 e. The Hall–Kier alpha value is -3.59. The fourth-order valence-electron chi connectivity index (χ4n) is 4.03. The second-order valence-corrected chi connectivity index (χ2v) is 9.46. The quantitative estimate of drug-likeness (QED) is 0.106. The lowest BCUT2D eigenvalue weighted by atomic mass is 10.1. The van der Waals surface area contributed by atoms with E-state index in [0.717, 1.165) is 54.3 Å². The number of benzene rings is 3. The molecule has 0 radical (unpaired) electrons. The average molecular weight is 497 g/mol. The molecule has 0 atom stereocenters. The highest BCUT2D eigenvalue weighted by molar-refractivity contribution is 6.06. The SMILES string of the molecule is C=C(C)c1ccc(OCCCCCCCCCCOc2ccc(/C=C/C(=O)c3ccccc3)cc2)cc1. The van der Waals surface area contributed by atoms with Gasteiger partial charge >= 0.3 is 0 Å². The molecule has 3 aromatic rings. The molecule has 3 aromatic carbocycles. The number of ketones is 1. The van der Waals surface area contributed by atoms with Crippen LogP contribution in [0, 0.1) is 0 Å². The Balaban J connectivity index is 1.16. The van der Waals surface area contributed by atoms with Crippen molar-refractivity contribution in [3.8, 4) is 11.5 Å². The molecule has 0 aliphatic rings. The van der Waals surface area contributed by atoms with Gasteiger partial charge in [-0.1, -0.05) is 111 Å². The number of hydrogen-bond donors (Lipinski definition) is 0. The summed E-state index contributed by atoms with van der Waals surface area (Å²) in [4.78, 5) is 12.2. The third kappa shape index (κ3) is 10.9. The van der Waals surface area contributed by atoms with Crippen molar-refractivity contribution in [2.45, 2.75) is 58.3 Å². The molecule has 3 rings (SSSR count). The molecule has 0 saturated carbocycles. The minimum atomic E-state index is 0.0100. The number of hydrogen-bond acceptors (Lipinski definition) is 3. The summed E-state index contributed by atoms with van der Waals surface area (Å²) in [6, 6.07) is 25.4. The third-order valence-corrected chi connectivity index (χ3v) is 6.29. The van der Waals surface area contributed by atoms with Gasteiger partial charge in [-0.2, -0.15) is 0 Å². The molecule has 3 nitrogen and oxygen atoms in total. The largest absolute Gasteiger partial charge is 0.494 e. The first-order valence-corrected chi connectivity index (χ1v) is 13.5. The highest BCUT2D eigenvalue weighted by Crippen LogP contribution is 2.18. The molecular weight excluding hydrogens is 456 g/mol. The van der Waals surface area contributed by atoms with Crippen molar-refractivity contribution >= 4 is 17.4 Å². The third-order valence-electron chi connectivity index (χ3n) is 6.29. The van der Waals surface area contributed by atoms with Gasteiger partial charge in [0.2, 0.25) is 0 Å².